The van der Waals surface area contributed by atoms with Gasteiger partial charge in [0.15, 0.2) is 0 Å². The van der Waals surface area contributed by atoms with Crippen LogP contribution in [0.5, 0.6) is 0 Å². The molecule has 0 radical (unpaired) electrons. The summed E-state index contributed by atoms with van der Waals surface area (Å²) in [5.74, 6) is -0.963. The summed E-state index contributed by atoms with van der Waals surface area (Å²) < 4.78 is 5.63. The average Bonchev–Trinajstić information content (AvgIpc) is 3.37. The molecule has 186 valence electrons. The van der Waals surface area contributed by atoms with Crippen LogP contribution in [0.15, 0.2) is 48.5 Å². The topological polar surface area (TPSA) is 105 Å². The first-order valence-electron chi connectivity index (χ1n) is 12.4. The maximum absolute atomic E-state index is 12.6. The van der Waals surface area contributed by atoms with Gasteiger partial charge in [0.25, 0.3) is 0 Å². The molecule has 1 saturated carbocycles. The second-order valence-corrected chi connectivity index (χ2v) is 10.3. The van der Waals surface area contributed by atoms with Crippen LogP contribution in [0.25, 0.3) is 11.1 Å². The number of benzene rings is 2. The second-order valence-electron chi connectivity index (χ2n) is 10.3. The van der Waals surface area contributed by atoms with Crippen LogP contribution in [0.3, 0.4) is 0 Å². The van der Waals surface area contributed by atoms with Crippen molar-refractivity contribution < 1.29 is 24.2 Å². The van der Waals surface area contributed by atoms with Crippen LogP contribution in [0, 0.1) is 5.92 Å². The van der Waals surface area contributed by atoms with Gasteiger partial charge in [0.2, 0.25) is 5.91 Å². The lowest BCUT2D eigenvalue weighted by Crippen LogP contribution is -2.45. The Balaban J connectivity index is 1.26. The molecule has 35 heavy (non-hydrogen) atoms. The van der Waals surface area contributed by atoms with E-state index in [0.29, 0.717) is 6.42 Å². The van der Waals surface area contributed by atoms with Crippen molar-refractivity contribution in [3.8, 4) is 11.1 Å². The molecule has 3 N–H and O–H groups in total. The van der Waals surface area contributed by atoms with E-state index in [4.69, 9.17) is 9.84 Å². The van der Waals surface area contributed by atoms with Crippen LogP contribution < -0.4 is 10.6 Å². The fourth-order valence-electron chi connectivity index (χ4n) is 5.37. The van der Waals surface area contributed by atoms with Gasteiger partial charge >= 0.3 is 12.1 Å². The highest BCUT2D eigenvalue weighted by molar-refractivity contribution is 5.79. The van der Waals surface area contributed by atoms with Crippen molar-refractivity contribution in [3.63, 3.8) is 0 Å². The standard InChI is InChI=1S/C28H34N2O5/c1-28(2,15-14-25(31)29-24-13-7-8-18(24)16-26(32)33)30-27(34)35-17-23-21-11-5-3-9-19(21)20-10-4-6-12-22(20)23/h3-6,9-12,18,23-24H,7-8,13-17H2,1-2H3,(H,29,31)(H,30,34)(H,32,33)/t18-,24+/m0/s1. The molecule has 0 heterocycles. The van der Waals surface area contributed by atoms with E-state index in [1.165, 1.54) is 11.1 Å². The molecule has 2 atom stereocenters. The summed E-state index contributed by atoms with van der Waals surface area (Å²) in [4.78, 5) is 36.2. The Morgan fingerprint density at radius 1 is 1.00 bits per heavy atom. The minimum atomic E-state index is -0.829. The van der Waals surface area contributed by atoms with E-state index in [0.717, 1.165) is 30.4 Å². The third-order valence-corrected chi connectivity index (χ3v) is 7.20. The van der Waals surface area contributed by atoms with Crippen molar-refractivity contribution in [2.24, 2.45) is 5.92 Å². The summed E-state index contributed by atoms with van der Waals surface area (Å²) in [5, 5.41) is 15.0. The number of ether oxygens (including phenoxy) is 1. The average molecular weight is 479 g/mol. The first-order valence-corrected chi connectivity index (χ1v) is 12.4. The highest BCUT2D eigenvalue weighted by atomic mass is 16.5. The first kappa shape index (κ1) is 24.8. The molecule has 7 heteroatoms. The highest BCUT2D eigenvalue weighted by Gasteiger charge is 2.32. The molecule has 2 aliphatic carbocycles. The van der Waals surface area contributed by atoms with Crippen LogP contribution in [0.4, 0.5) is 4.79 Å². The predicted octanol–water partition coefficient (Wildman–Crippen LogP) is 4.84. The summed E-state index contributed by atoms with van der Waals surface area (Å²) in [6.07, 6.45) is 2.83. The molecule has 0 aliphatic heterocycles. The molecule has 2 amide bonds. The number of carbonyl (C=O) groups is 3. The van der Waals surface area contributed by atoms with Gasteiger partial charge in [-0.25, -0.2) is 4.79 Å². The van der Waals surface area contributed by atoms with Gasteiger partial charge in [-0.1, -0.05) is 55.0 Å². The molecular weight excluding hydrogens is 444 g/mol. The van der Waals surface area contributed by atoms with Crippen LogP contribution >= 0.6 is 0 Å². The third kappa shape index (κ3) is 6.02. The summed E-state index contributed by atoms with van der Waals surface area (Å²) in [6, 6.07) is 16.3. The lowest BCUT2D eigenvalue weighted by molar-refractivity contribution is -0.138. The number of amides is 2. The Hall–Kier alpha value is -3.35. The van der Waals surface area contributed by atoms with E-state index >= 15 is 0 Å². The Morgan fingerprint density at radius 3 is 2.26 bits per heavy atom. The molecule has 1 fully saturated rings. The van der Waals surface area contributed by atoms with Gasteiger partial charge in [-0.05, 0) is 61.3 Å². The number of carboxylic acid groups (broad SMARTS) is 1. The SMILES string of the molecule is CC(C)(CCC(=O)N[C@@H]1CCC[C@H]1CC(=O)O)NC(=O)OCC1c2ccccc2-c2ccccc21. The third-order valence-electron chi connectivity index (χ3n) is 7.20. The van der Waals surface area contributed by atoms with Gasteiger partial charge in [0, 0.05) is 23.9 Å². The Labute approximate surface area is 206 Å². The Bertz CT molecular complexity index is 1050. The van der Waals surface area contributed by atoms with Gasteiger partial charge in [-0.3, -0.25) is 9.59 Å². The number of hydrogen-bond acceptors (Lipinski definition) is 4. The summed E-state index contributed by atoms with van der Waals surface area (Å²) in [7, 11) is 0. The van der Waals surface area contributed by atoms with Gasteiger partial charge in [-0.2, -0.15) is 0 Å². The zero-order valence-corrected chi connectivity index (χ0v) is 20.4. The number of aliphatic carboxylic acids is 1. The number of carbonyl (C=O) groups excluding carboxylic acids is 2. The fraction of sp³-hybridized carbons (Fsp3) is 0.464. The number of hydrogen-bond donors (Lipinski definition) is 3. The molecule has 0 unspecified atom stereocenters. The quantitative estimate of drug-likeness (QED) is 0.478. The van der Waals surface area contributed by atoms with Gasteiger partial charge < -0.3 is 20.5 Å². The second kappa shape index (κ2) is 10.5. The highest BCUT2D eigenvalue weighted by Crippen LogP contribution is 2.44. The number of nitrogens with one attached hydrogen (secondary N) is 2. The van der Waals surface area contributed by atoms with Crippen LogP contribution in [0.2, 0.25) is 0 Å². The molecule has 4 rings (SSSR count). The zero-order chi connectivity index (χ0) is 25.0. The van der Waals surface area contributed by atoms with Crippen molar-refractivity contribution in [2.45, 2.75) is 69.9 Å². The van der Waals surface area contributed by atoms with Crippen molar-refractivity contribution in [1.29, 1.82) is 0 Å². The minimum Gasteiger partial charge on any atom is -0.481 e. The normalized spacial score (nSPS) is 19.0. The van der Waals surface area contributed by atoms with Gasteiger partial charge in [-0.15, -0.1) is 0 Å². The maximum atomic E-state index is 12.6. The molecular formula is C28H34N2O5. The van der Waals surface area contributed by atoms with E-state index in [-0.39, 0.29) is 43.2 Å². The monoisotopic (exact) mass is 478 g/mol. The van der Waals surface area contributed by atoms with E-state index in [1.54, 1.807) is 0 Å². The number of carboxylic acids is 1. The molecule has 0 bridgehead atoms. The predicted molar refractivity (Wildman–Crippen MR) is 133 cm³/mol. The van der Waals surface area contributed by atoms with Gasteiger partial charge in [0.1, 0.15) is 6.61 Å². The summed E-state index contributed by atoms with van der Waals surface area (Å²) >= 11 is 0. The number of rotatable bonds is 9. The molecule has 0 saturated heterocycles. The molecule has 2 aromatic carbocycles. The lowest BCUT2D eigenvalue weighted by Gasteiger charge is -2.27. The smallest absolute Gasteiger partial charge is 0.407 e. The summed E-state index contributed by atoms with van der Waals surface area (Å²) in [6.45, 7) is 3.97. The number of fused-ring (bicyclic) bond motifs is 3. The van der Waals surface area contributed by atoms with E-state index in [2.05, 4.69) is 34.9 Å². The van der Waals surface area contributed by atoms with Crippen molar-refractivity contribution >= 4 is 18.0 Å². The van der Waals surface area contributed by atoms with Crippen LogP contribution in [0.1, 0.15) is 69.4 Å². The molecule has 2 aromatic rings. The van der Waals surface area contributed by atoms with E-state index in [1.807, 2.05) is 38.1 Å². The fourth-order valence-corrected chi connectivity index (χ4v) is 5.37. The number of alkyl carbamates (subject to hydrolysis) is 1. The summed E-state index contributed by atoms with van der Waals surface area (Å²) in [5.41, 5.74) is 4.04. The van der Waals surface area contributed by atoms with Crippen LogP contribution in [-0.2, 0) is 14.3 Å². The van der Waals surface area contributed by atoms with E-state index in [9.17, 15) is 14.4 Å². The molecule has 2 aliphatic rings. The molecule has 0 aromatic heterocycles. The van der Waals surface area contributed by atoms with Gasteiger partial charge in [0.05, 0.1) is 6.42 Å². The minimum absolute atomic E-state index is 0.00722. The zero-order valence-electron chi connectivity index (χ0n) is 20.4. The lowest BCUT2D eigenvalue weighted by atomic mass is 9.97. The maximum Gasteiger partial charge on any atom is 0.407 e. The van der Waals surface area contributed by atoms with Crippen molar-refractivity contribution in [3.05, 3.63) is 59.7 Å². The van der Waals surface area contributed by atoms with Crippen molar-refractivity contribution in [2.75, 3.05) is 6.61 Å². The molecule has 0 spiro atoms. The largest absolute Gasteiger partial charge is 0.481 e. The Morgan fingerprint density at radius 2 is 1.63 bits per heavy atom. The van der Waals surface area contributed by atoms with Crippen molar-refractivity contribution in [1.82, 2.24) is 10.6 Å². The first-order chi connectivity index (χ1) is 16.7. The Kier molecular flexibility index (Phi) is 7.43. The van der Waals surface area contributed by atoms with Crippen LogP contribution in [-0.4, -0.2) is 41.3 Å². The van der Waals surface area contributed by atoms with E-state index < -0.39 is 17.6 Å². The molecule has 7 nitrogen and oxygen atoms in total.